The number of hydrogen-bond donors (Lipinski definition) is 1. The lowest BCUT2D eigenvalue weighted by Gasteiger charge is -2.33. The van der Waals surface area contributed by atoms with Crippen molar-refractivity contribution < 1.29 is 4.79 Å². The minimum Gasteiger partial charge on any atom is -0.299 e. The number of nitrogens with zero attached hydrogens (tertiary/aromatic N) is 4. The molecule has 0 unspecified atom stereocenters. The number of carbonyl (C=O) groups is 1. The quantitative estimate of drug-likeness (QED) is 0.845. The lowest BCUT2D eigenvalue weighted by molar-refractivity contribution is -0.117. The van der Waals surface area contributed by atoms with Crippen LogP contribution in [0.3, 0.4) is 0 Å². The summed E-state index contributed by atoms with van der Waals surface area (Å²) >= 11 is 1.32. The second kappa shape index (κ2) is 8.55. The molecule has 0 spiro atoms. The van der Waals surface area contributed by atoms with E-state index in [1.807, 2.05) is 30.3 Å². The Kier molecular flexibility index (Phi) is 5.90. The van der Waals surface area contributed by atoms with E-state index in [-0.39, 0.29) is 5.91 Å². The van der Waals surface area contributed by atoms with Crippen molar-refractivity contribution in [3.8, 4) is 11.8 Å². The van der Waals surface area contributed by atoms with E-state index in [1.54, 1.807) is 5.51 Å². The van der Waals surface area contributed by atoms with E-state index in [1.165, 1.54) is 11.3 Å². The van der Waals surface area contributed by atoms with Crippen LogP contribution in [0.1, 0.15) is 5.56 Å². The number of piperazine rings is 1. The lowest BCUT2D eigenvalue weighted by atomic mass is 10.2. The third kappa shape index (κ3) is 5.13. The first-order valence-electron chi connectivity index (χ1n) is 7.84. The Hall–Kier alpha value is -2.27. The molecule has 1 aromatic heterocycles. The Morgan fingerprint density at radius 1 is 1.17 bits per heavy atom. The minimum atomic E-state index is -0.0379. The fourth-order valence-corrected chi connectivity index (χ4v) is 2.93. The summed E-state index contributed by atoms with van der Waals surface area (Å²) in [5.74, 6) is 6.36. The molecular formula is C17H19N5OS. The summed E-state index contributed by atoms with van der Waals surface area (Å²) in [6.07, 6.45) is 0. The van der Waals surface area contributed by atoms with Gasteiger partial charge in [0.2, 0.25) is 11.0 Å². The van der Waals surface area contributed by atoms with Crippen LogP contribution >= 0.6 is 11.3 Å². The highest BCUT2D eigenvalue weighted by atomic mass is 32.1. The van der Waals surface area contributed by atoms with Crippen molar-refractivity contribution in [1.82, 2.24) is 20.0 Å². The molecule has 1 saturated heterocycles. The summed E-state index contributed by atoms with van der Waals surface area (Å²) in [4.78, 5) is 16.4. The molecule has 1 aromatic carbocycles. The molecule has 1 aliphatic heterocycles. The van der Waals surface area contributed by atoms with Crippen molar-refractivity contribution in [2.45, 2.75) is 0 Å². The first kappa shape index (κ1) is 16.6. The zero-order valence-corrected chi connectivity index (χ0v) is 14.1. The Morgan fingerprint density at radius 2 is 1.92 bits per heavy atom. The highest BCUT2D eigenvalue weighted by molar-refractivity contribution is 7.13. The van der Waals surface area contributed by atoms with Crippen LogP contribution < -0.4 is 5.32 Å². The zero-order valence-electron chi connectivity index (χ0n) is 13.3. The van der Waals surface area contributed by atoms with E-state index in [4.69, 9.17) is 0 Å². The number of benzene rings is 1. The molecule has 0 aliphatic carbocycles. The van der Waals surface area contributed by atoms with Gasteiger partial charge >= 0.3 is 0 Å². The van der Waals surface area contributed by atoms with Crippen molar-refractivity contribution in [2.24, 2.45) is 0 Å². The van der Waals surface area contributed by atoms with E-state index < -0.39 is 0 Å². The molecule has 1 N–H and O–H groups in total. The second-order valence-electron chi connectivity index (χ2n) is 5.51. The van der Waals surface area contributed by atoms with Crippen LogP contribution in [-0.4, -0.2) is 65.2 Å². The average Bonchev–Trinajstić information content (AvgIpc) is 3.10. The Balaban J connectivity index is 1.38. The van der Waals surface area contributed by atoms with Crippen LogP contribution in [0, 0.1) is 11.8 Å². The zero-order chi connectivity index (χ0) is 16.6. The normalized spacial score (nSPS) is 15.5. The van der Waals surface area contributed by atoms with E-state index >= 15 is 0 Å². The molecule has 24 heavy (non-hydrogen) atoms. The summed E-state index contributed by atoms with van der Waals surface area (Å²) in [5, 5.41) is 10.8. The molecule has 3 rings (SSSR count). The average molecular weight is 341 g/mol. The predicted octanol–water partition coefficient (Wildman–Crippen LogP) is 1.15. The smallest absolute Gasteiger partial charge is 0.240 e. The van der Waals surface area contributed by atoms with Gasteiger partial charge < -0.3 is 0 Å². The van der Waals surface area contributed by atoms with Crippen LogP contribution in [-0.2, 0) is 4.79 Å². The Morgan fingerprint density at radius 3 is 2.62 bits per heavy atom. The fraction of sp³-hybridized carbons (Fsp3) is 0.353. The van der Waals surface area contributed by atoms with Gasteiger partial charge in [0.25, 0.3) is 0 Å². The minimum absolute atomic E-state index is 0.0379. The Labute approximate surface area is 145 Å². The number of rotatable bonds is 4. The number of hydrogen-bond acceptors (Lipinski definition) is 6. The highest BCUT2D eigenvalue weighted by Gasteiger charge is 2.18. The van der Waals surface area contributed by atoms with Gasteiger partial charge in [-0.15, -0.1) is 10.2 Å². The highest BCUT2D eigenvalue weighted by Crippen LogP contribution is 2.08. The van der Waals surface area contributed by atoms with Gasteiger partial charge in [0.1, 0.15) is 5.51 Å². The number of nitrogens with one attached hydrogen (secondary N) is 1. The Bertz CT molecular complexity index is 700. The lowest BCUT2D eigenvalue weighted by Crippen LogP contribution is -2.48. The summed E-state index contributed by atoms with van der Waals surface area (Å²) in [6.45, 7) is 4.75. The molecule has 0 atom stereocenters. The van der Waals surface area contributed by atoms with E-state index in [0.29, 0.717) is 11.7 Å². The maximum atomic E-state index is 11.9. The molecule has 1 fully saturated rings. The molecule has 1 amide bonds. The second-order valence-corrected chi connectivity index (χ2v) is 6.35. The van der Waals surface area contributed by atoms with Crippen LogP contribution in [0.2, 0.25) is 0 Å². The SMILES string of the molecule is O=C(CN1CCN(CC#Cc2ccccc2)CC1)Nc1nncs1. The van der Waals surface area contributed by atoms with Crippen molar-refractivity contribution in [3.05, 3.63) is 41.4 Å². The van der Waals surface area contributed by atoms with Crippen molar-refractivity contribution in [2.75, 3.05) is 44.6 Å². The van der Waals surface area contributed by atoms with Gasteiger partial charge in [0.15, 0.2) is 0 Å². The standard InChI is InChI=1S/C17H19N5OS/c23-16(19-17-20-18-14-24-17)13-22-11-9-21(10-12-22)8-4-7-15-5-2-1-3-6-15/h1-3,5-6,14H,8-13H2,(H,19,20,23). The summed E-state index contributed by atoms with van der Waals surface area (Å²) < 4.78 is 0. The number of amides is 1. The molecule has 1 aliphatic rings. The summed E-state index contributed by atoms with van der Waals surface area (Å²) in [7, 11) is 0. The van der Waals surface area contributed by atoms with Crippen LogP contribution in [0.15, 0.2) is 35.8 Å². The van der Waals surface area contributed by atoms with Gasteiger partial charge in [-0.1, -0.05) is 41.4 Å². The fourth-order valence-electron chi connectivity index (χ4n) is 2.47. The molecule has 2 aromatic rings. The third-order valence-corrected chi connectivity index (χ3v) is 4.35. The first-order chi connectivity index (χ1) is 11.8. The van der Waals surface area contributed by atoms with Gasteiger partial charge in [0, 0.05) is 31.7 Å². The van der Waals surface area contributed by atoms with Crippen LogP contribution in [0.4, 0.5) is 5.13 Å². The monoisotopic (exact) mass is 341 g/mol. The largest absolute Gasteiger partial charge is 0.299 e. The van der Waals surface area contributed by atoms with Gasteiger partial charge in [-0.3, -0.25) is 19.9 Å². The molecule has 2 heterocycles. The van der Waals surface area contributed by atoms with E-state index in [2.05, 4.69) is 37.2 Å². The number of aromatic nitrogens is 2. The molecule has 0 radical (unpaired) electrons. The van der Waals surface area contributed by atoms with Crippen molar-refractivity contribution >= 4 is 22.4 Å². The first-order valence-corrected chi connectivity index (χ1v) is 8.72. The van der Waals surface area contributed by atoms with Gasteiger partial charge in [-0.2, -0.15) is 0 Å². The van der Waals surface area contributed by atoms with Crippen LogP contribution in [0.25, 0.3) is 0 Å². The van der Waals surface area contributed by atoms with Crippen molar-refractivity contribution in [3.63, 3.8) is 0 Å². The number of anilines is 1. The van der Waals surface area contributed by atoms with Gasteiger partial charge in [-0.05, 0) is 12.1 Å². The third-order valence-electron chi connectivity index (χ3n) is 3.75. The molecule has 0 saturated carbocycles. The molecular weight excluding hydrogens is 322 g/mol. The summed E-state index contributed by atoms with van der Waals surface area (Å²) in [6, 6.07) is 10.0. The maximum Gasteiger partial charge on any atom is 0.240 e. The summed E-state index contributed by atoms with van der Waals surface area (Å²) in [5.41, 5.74) is 2.65. The van der Waals surface area contributed by atoms with E-state index in [9.17, 15) is 4.79 Å². The molecule has 6 nitrogen and oxygen atoms in total. The predicted molar refractivity (Wildman–Crippen MR) is 94.7 cm³/mol. The van der Waals surface area contributed by atoms with Gasteiger partial charge in [-0.25, -0.2) is 0 Å². The molecule has 7 heteroatoms. The van der Waals surface area contributed by atoms with E-state index in [0.717, 1.165) is 38.3 Å². The van der Waals surface area contributed by atoms with Gasteiger partial charge in [0.05, 0.1) is 13.1 Å². The van der Waals surface area contributed by atoms with Crippen LogP contribution in [0.5, 0.6) is 0 Å². The molecule has 124 valence electrons. The maximum absolute atomic E-state index is 11.9. The topological polar surface area (TPSA) is 61.4 Å². The number of carbonyl (C=O) groups excluding carboxylic acids is 1. The molecule has 0 bridgehead atoms. The van der Waals surface area contributed by atoms with Crippen molar-refractivity contribution in [1.29, 1.82) is 0 Å².